The molecule has 1 fully saturated rings. The van der Waals surface area contributed by atoms with Crippen LogP contribution >= 0.6 is 23.2 Å². The summed E-state index contributed by atoms with van der Waals surface area (Å²) in [7, 11) is 0. The van der Waals surface area contributed by atoms with Gasteiger partial charge in [0.05, 0.1) is 17.7 Å². The van der Waals surface area contributed by atoms with Crippen molar-refractivity contribution in [1.29, 1.82) is 0 Å². The summed E-state index contributed by atoms with van der Waals surface area (Å²) in [5, 5.41) is 5.56. The molecule has 0 unspecified atom stereocenters. The van der Waals surface area contributed by atoms with E-state index in [1.807, 2.05) is 18.2 Å². The van der Waals surface area contributed by atoms with E-state index in [4.69, 9.17) is 23.2 Å². The monoisotopic (exact) mass is 377 g/mol. The molecule has 0 radical (unpaired) electrons. The molecule has 5 nitrogen and oxygen atoms in total. The zero-order chi connectivity index (χ0) is 18.1. The van der Waals surface area contributed by atoms with E-state index in [1.165, 1.54) is 0 Å². The second-order valence-corrected chi connectivity index (χ2v) is 7.74. The summed E-state index contributed by atoms with van der Waals surface area (Å²) in [5.74, 6) is -0.507. The Labute approximate surface area is 155 Å². The molecule has 1 aromatic heterocycles. The number of carbonyl (C=O) groups excluding carboxylic acids is 2. The van der Waals surface area contributed by atoms with Gasteiger partial charge in [0.2, 0.25) is 5.91 Å². The van der Waals surface area contributed by atoms with Gasteiger partial charge in [-0.3, -0.25) is 14.6 Å². The number of benzene rings is 1. The average Bonchev–Trinajstić information content (AvgIpc) is 3.13. The Hall–Kier alpha value is -2.11. The van der Waals surface area contributed by atoms with Gasteiger partial charge in [0.1, 0.15) is 4.33 Å². The summed E-state index contributed by atoms with van der Waals surface area (Å²) < 4.78 is -1.03. The average molecular weight is 378 g/mol. The van der Waals surface area contributed by atoms with Gasteiger partial charge in [0.25, 0.3) is 5.91 Å². The van der Waals surface area contributed by atoms with Crippen LogP contribution < -0.4 is 10.6 Å². The summed E-state index contributed by atoms with van der Waals surface area (Å²) in [4.78, 5) is 28.7. The lowest BCUT2D eigenvalue weighted by Crippen LogP contribution is -2.26. The molecule has 0 aliphatic heterocycles. The van der Waals surface area contributed by atoms with E-state index in [0.717, 1.165) is 5.69 Å². The summed E-state index contributed by atoms with van der Waals surface area (Å²) in [6, 6.07) is 12.2. The minimum absolute atomic E-state index is 0.247. The molecule has 3 rings (SSSR count). The van der Waals surface area contributed by atoms with Crippen molar-refractivity contribution in [1.82, 2.24) is 10.3 Å². The van der Waals surface area contributed by atoms with E-state index < -0.39 is 9.75 Å². The van der Waals surface area contributed by atoms with Gasteiger partial charge in [-0.05, 0) is 43.7 Å². The van der Waals surface area contributed by atoms with Gasteiger partial charge in [-0.1, -0.05) is 12.1 Å². The zero-order valence-electron chi connectivity index (χ0n) is 13.6. The fourth-order valence-corrected chi connectivity index (χ4v) is 3.14. The zero-order valence-corrected chi connectivity index (χ0v) is 15.1. The highest BCUT2D eigenvalue weighted by molar-refractivity contribution is 6.53. The number of halogens is 2. The maximum atomic E-state index is 12.3. The van der Waals surface area contributed by atoms with Crippen LogP contribution in [0.15, 0.2) is 48.7 Å². The highest BCUT2D eigenvalue weighted by Crippen LogP contribution is 2.64. The number of aromatic nitrogens is 1. The van der Waals surface area contributed by atoms with Crippen LogP contribution in [-0.4, -0.2) is 21.1 Å². The first-order valence-electron chi connectivity index (χ1n) is 7.79. The number of amides is 2. The van der Waals surface area contributed by atoms with E-state index in [-0.39, 0.29) is 11.8 Å². The molecule has 7 heteroatoms. The molecule has 2 amide bonds. The quantitative estimate of drug-likeness (QED) is 0.782. The second-order valence-electron chi connectivity index (χ2n) is 6.25. The Kier molecular flexibility index (Phi) is 4.71. The molecule has 2 aromatic rings. The van der Waals surface area contributed by atoms with Crippen LogP contribution in [0.3, 0.4) is 0 Å². The summed E-state index contributed by atoms with van der Waals surface area (Å²) in [5.41, 5.74) is 0.917. The van der Waals surface area contributed by atoms with Gasteiger partial charge in [-0.2, -0.15) is 0 Å². The lowest BCUT2D eigenvalue weighted by Gasteiger charge is -2.13. The number of rotatable bonds is 5. The van der Waals surface area contributed by atoms with Crippen LogP contribution in [0.1, 0.15) is 29.4 Å². The highest BCUT2D eigenvalue weighted by atomic mass is 35.5. The van der Waals surface area contributed by atoms with E-state index in [9.17, 15) is 9.59 Å². The molecule has 25 heavy (non-hydrogen) atoms. The highest BCUT2D eigenvalue weighted by Gasteiger charge is 2.67. The molecule has 1 aromatic carbocycles. The molecule has 0 spiro atoms. The Morgan fingerprint density at radius 1 is 1.20 bits per heavy atom. The number of anilines is 1. The standard InChI is InChI=1S/C18H17Cl2N3O2/c1-17(11-18(17,19)20)16(25)23-13-7-4-5-12(9-13)15(24)22-10-14-6-2-3-8-21-14/h2-9H,10-11H2,1H3,(H,22,24)(H,23,25)/t17-/m1/s1. The van der Waals surface area contributed by atoms with Gasteiger partial charge in [0.15, 0.2) is 0 Å². The minimum Gasteiger partial charge on any atom is -0.346 e. The predicted molar refractivity (Wildman–Crippen MR) is 97.6 cm³/mol. The molecular formula is C18H17Cl2N3O2. The topological polar surface area (TPSA) is 71.1 Å². The number of alkyl halides is 2. The first-order valence-corrected chi connectivity index (χ1v) is 8.55. The van der Waals surface area contributed by atoms with E-state index in [1.54, 1.807) is 37.4 Å². The number of carbonyl (C=O) groups is 2. The fraction of sp³-hybridized carbons (Fsp3) is 0.278. The molecule has 1 atom stereocenters. The predicted octanol–water partition coefficient (Wildman–Crippen LogP) is 3.53. The Morgan fingerprint density at radius 3 is 2.60 bits per heavy atom. The van der Waals surface area contributed by atoms with Crippen LogP contribution in [0, 0.1) is 5.41 Å². The molecule has 1 aliphatic rings. The van der Waals surface area contributed by atoms with Crippen molar-refractivity contribution in [3.05, 3.63) is 59.9 Å². The SMILES string of the molecule is C[C@]1(C(=O)Nc2cccc(C(=O)NCc3ccccn3)c2)CC1(Cl)Cl. The normalized spacial score (nSPS) is 20.6. The van der Waals surface area contributed by atoms with Crippen molar-refractivity contribution >= 4 is 40.7 Å². The maximum absolute atomic E-state index is 12.3. The van der Waals surface area contributed by atoms with E-state index in [2.05, 4.69) is 15.6 Å². The molecular weight excluding hydrogens is 361 g/mol. The third-order valence-electron chi connectivity index (χ3n) is 4.30. The summed E-state index contributed by atoms with van der Waals surface area (Å²) in [6.07, 6.45) is 2.07. The van der Waals surface area contributed by atoms with Gasteiger partial charge in [-0.25, -0.2) is 0 Å². The van der Waals surface area contributed by atoms with Crippen molar-refractivity contribution in [2.75, 3.05) is 5.32 Å². The van der Waals surface area contributed by atoms with Gasteiger partial charge < -0.3 is 10.6 Å². The van der Waals surface area contributed by atoms with Crippen LogP contribution in [0.25, 0.3) is 0 Å². The smallest absolute Gasteiger partial charge is 0.251 e. The second kappa shape index (κ2) is 6.65. The van der Waals surface area contributed by atoms with Crippen LogP contribution in [0.2, 0.25) is 0 Å². The summed E-state index contributed by atoms with van der Waals surface area (Å²) in [6.45, 7) is 2.04. The van der Waals surface area contributed by atoms with Crippen molar-refractivity contribution in [3.8, 4) is 0 Å². The Morgan fingerprint density at radius 2 is 1.96 bits per heavy atom. The molecule has 2 N–H and O–H groups in total. The molecule has 1 heterocycles. The lowest BCUT2D eigenvalue weighted by molar-refractivity contribution is -0.120. The molecule has 130 valence electrons. The first kappa shape index (κ1) is 17.7. The first-order chi connectivity index (χ1) is 11.8. The van der Waals surface area contributed by atoms with Gasteiger partial charge >= 0.3 is 0 Å². The van der Waals surface area contributed by atoms with Crippen molar-refractivity contribution in [3.63, 3.8) is 0 Å². The Balaban J connectivity index is 1.63. The van der Waals surface area contributed by atoms with E-state index in [0.29, 0.717) is 24.2 Å². The van der Waals surface area contributed by atoms with Crippen LogP contribution in [0.5, 0.6) is 0 Å². The number of nitrogens with one attached hydrogen (secondary N) is 2. The number of hydrogen-bond acceptors (Lipinski definition) is 3. The number of pyridine rings is 1. The largest absolute Gasteiger partial charge is 0.346 e. The van der Waals surface area contributed by atoms with Crippen molar-refractivity contribution < 1.29 is 9.59 Å². The lowest BCUT2D eigenvalue weighted by atomic mass is 10.1. The minimum atomic E-state index is -1.03. The van der Waals surface area contributed by atoms with Crippen molar-refractivity contribution in [2.45, 2.75) is 24.2 Å². The van der Waals surface area contributed by atoms with E-state index >= 15 is 0 Å². The molecule has 1 saturated carbocycles. The van der Waals surface area contributed by atoms with Crippen LogP contribution in [0.4, 0.5) is 5.69 Å². The van der Waals surface area contributed by atoms with Gasteiger partial charge in [0, 0.05) is 17.4 Å². The number of hydrogen-bond donors (Lipinski definition) is 2. The van der Waals surface area contributed by atoms with Crippen LogP contribution in [-0.2, 0) is 11.3 Å². The Bertz CT molecular complexity index is 811. The third-order valence-corrected chi connectivity index (χ3v) is 5.40. The fourth-order valence-electron chi connectivity index (χ4n) is 2.43. The maximum Gasteiger partial charge on any atom is 0.251 e. The molecule has 0 bridgehead atoms. The van der Waals surface area contributed by atoms with Gasteiger partial charge in [-0.15, -0.1) is 23.2 Å². The number of nitrogens with zero attached hydrogens (tertiary/aromatic N) is 1. The third kappa shape index (κ3) is 3.78. The molecule has 0 saturated heterocycles. The molecule has 1 aliphatic carbocycles. The van der Waals surface area contributed by atoms with Crippen molar-refractivity contribution in [2.24, 2.45) is 5.41 Å². The summed E-state index contributed by atoms with van der Waals surface area (Å²) >= 11 is 12.1.